The SMILES string of the molecule is CC(=O)N[C@H](/C=C/c1ccccc1)C(=O)O. The molecule has 0 heterocycles. The zero-order valence-corrected chi connectivity index (χ0v) is 8.88. The zero-order valence-electron chi connectivity index (χ0n) is 8.88. The first kappa shape index (κ1) is 12.0. The van der Waals surface area contributed by atoms with E-state index in [1.165, 1.54) is 13.0 Å². The van der Waals surface area contributed by atoms with Crippen LogP contribution in [-0.4, -0.2) is 23.0 Å². The van der Waals surface area contributed by atoms with Gasteiger partial charge in [0.05, 0.1) is 0 Å². The van der Waals surface area contributed by atoms with Crippen molar-refractivity contribution in [3.63, 3.8) is 0 Å². The number of carboxylic acids is 1. The molecule has 0 aliphatic rings. The summed E-state index contributed by atoms with van der Waals surface area (Å²) in [5, 5.41) is 11.2. The number of amides is 1. The van der Waals surface area contributed by atoms with Gasteiger partial charge >= 0.3 is 5.97 Å². The van der Waals surface area contributed by atoms with E-state index in [2.05, 4.69) is 5.32 Å². The second kappa shape index (κ2) is 5.70. The molecular weight excluding hydrogens is 206 g/mol. The fourth-order valence-corrected chi connectivity index (χ4v) is 1.18. The first-order valence-electron chi connectivity index (χ1n) is 4.83. The predicted octanol–water partition coefficient (Wildman–Crippen LogP) is 1.29. The van der Waals surface area contributed by atoms with Crippen LogP contribution in [0.15, 0.2) is 36.4 Å². The van der Waals surface area contributed by atoms with Gasteiger partial charge in [-0.05, 0) is 5.56 Å². The molecule has 0 aliphatic heterocycles. The van der Waals surface area contributed by atoms with Gasteiger partial charge in [-0.25, -0.2) is 4.79 Å². The predicted molar refractivity (Wildman–Crippen MR) is 60.7 cm³/mol. The summed E-state index contributed by atoms with van der Waals surface area (Å²) in [6.07, 6.45) is 3.10. The van der Waals surface area contributed by atoms with E-state index in [0.29, 0.717) is 0 Å². The Morgan fingerprint density at radius 3 is 2.44 bits per heavy atom. The van der Waals surface area contributed by atoms with Crippen molar-refractivity contribution in [3.05, 3.63) is 42.0 Å². The van der Waals surface area contributed by atoms with Crippen LogP contribution in [0.25, 0.3) is 6.08 Å². The van der Waals surface area contributed by atoms with E-state index in [9.17, 15) is 9.59 Å². The minimum atomic E-state index is -1.08. The van der Waals surface area contributed by atoms with E-state index in [0.717, 1.165) is 5.56 Å². The molecule has 1 amide bonds. The lowest BCUT2D eigenvalue weighted by Crippen LogP contribution is -2.37. The third-order valence-corrected chi connectivity index (χ3v) is 1.91. The second-order valence-corrected chi connectivity index (χ2v) is 3.29. The maximum absolute atomic E-state index is 10.8. The van der Waals surface area contributed by atoms with E-state index < -0.39 is 12.0 Å². The van der Waals surface area contributed by atoms with Gasteiger partial charge in [0.25, 0.3) is 0 Å². The molecule has 1 aromatic rings. The summed E-state index contributed by atoms with van der Waals surface area (Å²) in [6.45, 7) is 1.28. The molecular formula is C12H13NO3. The van der Waals surface area contributed by atoms with Gasteiger partial charge in [0.1, 0.15) is 6.04 Å². The number of benzene rings is 1. The van der Waals surface area contributed by atoms with Crippen molar-refractivity contribution in [1.82, 2.24) is 5.32 Å². The van der Waals surface area contributed by atoms with Gasteiger partial charge in [-0.15, -0.1) is 0 Å². The molecule has 0 aromatic heterocycles. The highest BCUT2D eigenvalue weighted by atomic mass is 16.4. The molecule has 0 saturated heterocycles. The average Bonchev–Trinajstić information content (AvgIpc) is 2.25. The minimum absolute atomic E-state index is 0.370. The first-order chi connectivity index (χ1) is 7.59. The third-order valence-electron chi connectivity index (χ3n) is 1.91. The van der Waals surface area contributed by atoms with Crippen molar-refractivity contribution < 1.29 is 14.7 Å². The van der Waals surface area contributed by atoms with Crippen LogP contribution in [0.3, 0.4) is 0 Å². The summed E-state index contributed by atoms with van der Waals surface area (Å²) in [6, 6.07) is 8.30. The van der Waals surface area contributed by atoms with E-state index in [4.69, 9.17) is 5.11 Å². The molecule has 0 aliphatic carbocycles. The van der Waals surface area contributed by atoms with Crippen LogP contribution >= 0.6 is 0 Å². The second-order valence-electron chi connectivity index (χ2n) is 3.29. The highest BCUT2D eigenvalue weighted by molar-refractivity contribution is 5.84. The van der Waals surface area contributed by atoms with Crippen LogP contribution < -0.4 is 5.32 Å². The number of carboxylic acid groups (broad SMARTS) is 1. The van der Waals surface area contributed by atoms with Gasteiger partial charge < -0.3 is 10.4 Å². The number of hydrogen-bond acceptors (Lipinski definition) is 2. The highest BCUT2D eigenvalue weighted by Gasteiger charge is 2.13. The molecule has 0 unspecified atom stereocenters. The molecule has 4 nitrogen and oxygen atoms in total. The van der Waals surface area contributed by atoms with E-state index in [1.54, 1.807) is 6.08 Å². The Bertz CT molecular complexity index is 398. The number of hydrogen-bond donors (Lipinski definition) is 2. The van der Waals surface area contributed by atoms with E-state index in [1.807, 2.05) is 30.3 Å². The zero-order chi connectivity index (χ0) is 12.0. The number of carbonyl (C=O) groups excluding carboxylic acids is 1. The van der Waals surface area contributed by atoms with Gasteiger partial charge in [0.2, 0.25) is 5.91 Å². The van der Waals surface area contributed by atoms with Crippen molar-refractivity contribution in [2.24, 2.45) is 0 Å². The Hall–Kier alpha value is -2.10. The Kier molecular flexibility index (Phi) is 4.27. The quantitative estimate of drug-likeness (QED) is 0.801. The molecule has 0 fully saturated rings. The number of rotatable bonds is 4. The summed E-state index contributed by atoms with van der Waals surface area (Å²) < 4.78 is 0. The Morgan fingerprint density at radius 2 is 1.94 bits per heavy atom. The molecule has 84 valence electrons. The standard InChI is InChI=1S/C12H13NO3/c1-9(14)13-11(12(15)16)8-7-10-5-3-2-4-6-10/h2-8,11H,1H3,(H,13,14)(H,15,16)/b8-7+/t11-/m1/s1. The van der Waals surface area contributed by atoms with Crippen LogP contribution in [0, 0.1) is 0 Å². The van der Waals surface area contributed by atoms with Crippen molar-refractivity contribution in [2.75, 3.05) is 0 Å². The van der Waals surface area contributed by atoms with Crippen LogP contribution in [-0.2, 0) is 9.59 Å². The fraction of sp³-hybridized carbons (Fsp3) is 0.167. The van der Waals surface area contributed by atoms with Crippen LogP contribution in [0.4, 0.5) is 0 Å². The maximum atomic E-state index is 10.8. The van der Waals surface area contributed by atoms with Crippen molar-refractivity contribution in [3.8, 4) is 0 Å². The van der Waals surface area contributed by atoms with E-state index >= 15 is 0 Å². The topological polar surface area (TPSA) is 66.4 Å². The molecule has 2 N–H and O–H groups in total. The lowest BCUT2D eigenvalue weighted by Gasteiger charge is -2.07. The summed E-state index contributed by atoms with van der Waals surface area (Å²) in [5.74, 6) is -1.45. The lowest BCUT2D eigenvalue weighted by atomic mass is 10.1. The average molecular weight is 219 g/mol. The van der Waals surface area contributed by atoms with Gasteiger partial charge in [0.15, 0.2) is 0 Å². The van der Waals surface area contributed by atoms with Gasteiger partial charge in [0, 0.05) is 6.92 Å². The number of nitrogens with one attached hydrogen (secondary N) is 1. The number of carbonyl (C=O) groups is 2. The number of aliphatic carboxylic acids is 1. The largest absolute Gasteiger partial charge is 0.479 e. The Morgan fingerprint density at radius 1 is 1.31 bits per heavy atom. The van der Waals surface area contributed by atoms with Crippen LogP contribution in [0.1, 0.15) is 12.5 Å². The fourth-order valence-electron chi connectivity index (χ4n) is 1.18. The Balaban J connectivity index is 2.72. The molecule has 0 saturated carbocycles. The summed E-state index contributed by atoms with van der Waals surface area (Å²) in [7, 11) is 0. The van der Waals surface area contributed by atoms with Gasteiger partial charge in [-0.2, -0.15) is 0 Å². The lowest BCUT2D eigenvalue weighted by molar-refractivity contribution is -0.140. The smallest absolute Gasteiger partial charge is 0.330 e. The molecule has 0 radical (unpaired) electrons. The molecule has 4 heteroatoms. The molecule has 0 bridgehead atoms. The molecule has 1 rings (SSSR count). The minimum Gasteiger partial charge on any atom is -0.479 e. The third kappa shape index (κ3) is 3.96. The Labute approximate surface area is 93.6 Å². The highest BCUT2D eigenvalue weighted by Crippen LogP contribution is 2.02. The summed E-state index contributed by atoms with van der Waals surface area (Å²) in [4.78, 5) is 21.6. The molecule has 1 aromatic carbocycles. The van der Waals surface area contributed by atoms with Crippen LogP contribution in [0.5, 0.6) is 0 Å². The van der Waals surface area contributed by atoms with Crippen molar-refractivity contribution >= 4 is 18.0 Å². The van der Waals surface area contributed by atoms with Gasteiger partial charge in [-0.3, -0.25) is 4.79 Å². The maximum Gasteiger partial charge on any atom is 0.330 e. The van der Waals surface area contributed by atoms with Crippen molar-refractivity contribution in [2.45, 2.75) is 13.0 Å². The van der Waals surface area contributed by atoms with Crippen LogP contribution in [0.2, 0.25) is 0 Å². The van der Waals surface area contributed by atoms with Crippen molar-refractivity contribution in [1.29, 1.82) is 0 Å². The summed E-state index contributed by atoms with van der Waals surface area (Å²) >= 11 is 0. The summed E-state index contributed by atoms with van der Waals surface area (Å²) in [5.41, 5.74) is 0.888. The van der Waals surface area contributed by atoms with E-state index in [-0.39, 0.29) is 5.91 Å². The molecule has 0 spiro atoms. The molecule has 16 heavy (non-hydrogen) atoms. The first-order valence-corrected chi connectivity index (χ1v) is 4.83. The van der Waals surface area contributed by atoms with Gasteiger partial charge in [-0.1, -0.05) is 42.5 Å². The monoisotopic (exact) mass is 219 g/mol. The normalized spacial score (nSPS) is 12.3. The molecule has 1 atom stereocenters.